The standard InChI is InChI=1S/C20H26N6O2S/c1-14(2)12-26-19(25-8-10-27-11-9-25)22-23-20(26)29-13-17-21-18(24-28-17)16-6-4-15(3)5-7-16/h4-7,14H,8-13H2,1-3H3. The maximum absolute atomic E-state index is 5.47. The molecule has 0 N–H and O–H groups in total. The van der Waals surface area contributed by atoms with Crippen molar-refractivity contribution in [1.29, 1.82) is 0 Å². The second-order valence-electron chi connectivity index (χ2n) is 7.55. The van der Waals surface area contributed by atoms with Crippen LogP contribution in [0.5, 0.6) is 0 Å². The number of rotatable bonds is 7. The van der Waals surface area contributed by atoms with E-state index in [1.807, 2.05) is 24.3 Å². The van der Waals surface area contributed by atoms with Crippen LogP contribution >= 0.6 is 11.8 Å². The molecule has 0 spiro atoms. The largest absolute Gasteiger partial charge is 0.378 e. The van der Waals surface area contributed by atoms with E-state index in [1.165, 1.54) is 5.56 Å². The van der Waals surface area contributed by atoms with Crippen molar-refractivity contribution in [2.24, 2.45) is 5.92 Å². The van der Waals surface area contributed by atoms with Crippen LogP contribution in [-0.2, 0) is 17.0 Å². The first-order chi connectivity index (χ1) is 14.1. The molecule has 0 atom stereocenters. The number of aryl methyl sites for hydroxylation is 1. The van der Waals surface area contributed by atoms with Crippen LogP contribution in [0.4, 0.5) is 5.95 Å². The number of anilines is 1. The van der Waals surface area contributed by atoms with Crippen LogP contribution in [0.1, 0.15) is 25.3 Å². The summed E-state index contributed by atoms with van der Waals surface area (Å²) in [4.78, 5) is 6.77. The third-order valence-corrected chi connectivity index (χ3v) is 5.59. The molecule has 2 aromatic heterocycles. The minimum absolute atomic E-state index is 0.488. The molecule has 1 fully saturated rings. The number of nitrogens with zero attached hydrogens (tertiary/aromatic N) is 6. The lowest BCUT2D eigenvalue weighted by atomic mass is 10.1. The molecule has 0 radical (unpaired) electrons. The lowest BCUT2D eigenvalue weighted by Crippen LogP contribution is -2.38. The van der Waals surface area contributed by atoms with Crippen molar-refractivity contribution in [2.45, 2.75) is 38.2 Å². The topological polar surface area (TPSA) is 82.1 Å². The van der Waals surface area contributed by atoms with Crippen molar-refractivity contribution >= 4 is 17.7 Å². The van der Waals surface area contributed by atoms with Gasteiger partial charge in [-0.05, 0) is 12.8 Å². The first kappa shape index (κ1) is 19.9. The van der Waals surface area contributed by atoms with Crippen LogP contribution in [0.15, 0.2) is 33.9 Å². The summed E-state index contributed by atoms with van der Waals surface area (Å²) < 4.78 is 13.1. The Morgan fingerprint density at radius 1 is 1.10 bits per heavy atom. The van der Waals surface area contributed by atoms with Gasteiger partial charge in [-0.1, -0.05) is 60.6 Å². The fourth-order valence-electron chi connectivity index (χ4n) is 3.17. The smallest absolute Gasteiger partial charge is 0.237 e. The van der Waals surface area contributed by atoms with Gasteiger partial charge >= 0.3 is 0 Å². The van der Waals surface area contributed by atoms with Crippen LogP contribution < -0.4 is 4.90 Å². The summed E-state index contributed by atoms with van der Waals surface area (Å²) in [5.41, 5.74) is 2.15. The number of ether oxygens (including phenoxy) is 1. The van der Waals surface area contributed by atoms with Gasteiger partial charge in [0.15, 0.2) is 5.16 Å². The van der Waals surface area contributed by atoms with Crippen molar-refractivity contribution in [2.75, 3.05) is 31.2 Å². The van der Waals surface area contributed by atoms with Gasteiger partial charge in [-0.25, -0.2) is 0 Å². The van der Waals surface area contributed by atoms with Gasteiger partial charge in [-0.3, -0.25) is 4.57 Å². The van der Waals surface area contributed by atoms with Gasteiger partial charge in [-0.15, -0.1) is 10.2 Å². The zero-order valence-corrected chi connectivity index (χ0v) is 17.9. The van der Waals surface area contributed by atoms with E-state index in [0.29, 0.717) is 23.4 Å². The second kappa shape index (κ2) is 8.96. The molecule has 0 amide bonds. The summed E-state index contributed by atoms with van der Waals surface area (Å²) in [6.45, 7) is 10.4. The summed E-state index contributed by atoms with van der Waals surface area (Å²) in [6.07, 6.45) is 0. The molecule has 1 aliphatic heterocycles. The fraction of sp³-hybridized carbons (Fsp3) is 0.500. The highest BCUT2D eigenvalue weighted by atomic mass is 32.2. The number of aromatic nitrogens is 5. The van der Waals surface area contributed by atoms with E-state index in [2.05, 4.69) is 50.6 Å². The molecule has 154 valence electrons. The zero-order chi connectivity index (χ0) is 20.2. The summed E-state index contributed by atoms with van der Waals surface area (Å²) in [7, 11) is 0. The Balaban J connectivity index is 1.48. The van der Waals surface area contributed by atoms with E-state index >= 15 is 0 Å². The summed E-state index contributed by atoms with van der Waals surface area (Å²) in [5, 5.41) is 13.9. The van der Waals surface area contributed by atoms with E-state index in [9.17, 15) is 0 Å². The summed E-state index contributed by atoms with van der Waals surface area (Å²) in [6, 6.07) is 8.10. The molecule has 0 saturated carbocycles. The highest BCUT2D eigenvalue weighted by Gasteiger charge is 2.21. The molecule has 4 rings (SSSR count). The maximum atomic E-state index is 5.47. The minimum Gasteiger partial charge on any atom is -0.378 e. The van der Waals surface area contributed by atoms with Gasteiger partial charge < -0.3 is 14.2 Å². The lowest BCUT2D eigenvalue weighted by molar-refractivity contribution is 0.121. The number of hydrogen-bond donors (Lipinski definition) is 0. The Bertz CT molecular complexity index is 931. The molecule has 1 saturated heterocycles. The van der Waals surface area contributed by atoms with Gasteiger partial charge in [0.2, 0.25) is 17.7 Å². The predicted octanol–water partition coefficient (Wildman–Crippen LogP) is 3.42. The summed E-state index contributed by atoms with van der Waals surface area (Å²) >= 11 is 1.57. The minimum atomic E-state index is 0.488. The average molecular weight is 415 g/mol. The molecule has 3 aromatic rings. The third kappa shape index (κ3) is 4.79. The van der Waals surface area contributed by atoms with Crippen molar-refractivity contribution in [3.63, 3.8) is 0 Å². The van der Waals surface area contributed by atoms with E-state index in [-0.39, 0.29) is 0 Å². The van der Waals surface area contributed by atoms with E-state index < -0.39 is 0 Å². The van der Waals surface area contributed by atoms with Crippen LogP contribution in [0.25, 0.3) is 11.4 Å². The quantitative estimate of drug-likeness (QED) is 0.544. The molecule has 0 unspecified atom stereocenters. The van der Waals surface area contributed by atoms with Gasteiger partial charge in [0.25, 0.3) is 0 Å². The predicted molar refractivity (Wildman–Crippen MR) is 112 cm³/mol. The van der Waals surface area contributed by atoms with Crippen LogP contribution in [0.2, 0.25) is 0 Å². The Kier molecular flexibility index (Phi) is 6.15. The van der Waals surface area contributed by atoms with Crippen molar-refractivity contribution in [1.82, 2.24) is 24.9 Å². The maximum Gasteiger partial charge on any atom is 0.237 e. The molecular weight excluding hydrogens is 388 g/mol. The van der Waals surface area contributed by atoms with Crippen molar-refractivity contribution in [3.8, 4) is 11.4 Å². The molecule has 0 bridgehead atoms. The number of thioether (sulfide) groups is 1. The van der Waals surface area contributed by atoms with E-state index in [1.54, 1.807) is 11.8 Å². The van der Waals surface area contributed by atoms with Gasteiger partial charge in [0, 0.05) is 25.2 Å². The second-order valence-corrected chi connectivity index (χ2v) is 8.50. The van der Waals surface area contributed by atoms with Crippen molar-refractivity contribution in [3.05, 3.63) is 35.7 Å². The zero-order valence-electron chi connectivity index (χ0n) is 17.0. The Labute approximate surface area is 174 Å². The lowest BCUT2D eigenvalue weighted by Gasteiger charge is -2.28. The summed E-state index contributed by atoms with van der Waals surface area (Å²) in [5.74, 6) is 3.14. The van der Waals surface area contributed by atoms with Crippen molar-refractivity contribution < 1.29 is 9.26 Å². The first-order valence-electron chi connectivity index (χ1n) is 9.88. The Hall–Kier alpha value is -2.39. The molecule has 9 heteroatoms. The molecule has 0 aliphatic carbocycles. The number of benzene rings is 1. The normalized spacial score (nSPS) is 14.7. The molecule has 29 heavy (non-hydrogen) atoms. The molecule has 8 nitrogen and oxygen atoms in total. The third-order valence-electron chi connectivity index (χ3n) is 4.64. The Morgan fingerprint density at radius 3 is 2.59 bits per heavy atom. The number of hydrogen-bond acceptors (Lipinski definition) is 8. The fourth-order valence-corrected chi connectivity index (χ4v) is 3.95. The van der Waals surface area contributed by atoms with E-state index in [4.69, 9.17) is 9.26 Å². The molecular formula is C20H26N6O2S. The highest BCUT2D eigenvalue weighted by molar-refractivity contribution is 7.98. The molecule has 1 aromatic carbocycles. The Morgan fingerprint density at radius 2 is 1.86 bits per heavy atom. The van der Waals surface area contributed by atoms with E-state index in [0.717, 1.165) is 49.5 Å². The number of morpholine rings is 1. The molecule has 1 aliphatic rings. The highest BCUT2D eigenvalue weighted by Crippen LogP contribution is 2.27. The monoisotopic (exact) mass is 414 g/mol. The van der Waals surface area contributed by atoms with Crippen LogP contribution in [0, 0.1) is 12.8 Å². The SMILES string of the molecule is Cc1ccc(-c2noc(CSc3nnc(N4CCOCC4)n3CC(C)C)n2)cc1. The first-order valence-corrected chi connectivity index (χ1v) is 10.9. The van der Waals surface area contributed by atoms with Gasteiger partial charge in [-0.2, -0.15) is 4.98 Å². The van der Waals surface area contributed by atoms with Crippen LogP contribution in [-0.4, -0.2) is 51.2 Å². The van der Waals surface area contributed by atoms with Crippen LogP contribution in [0.3, 0.4) is 0 Å². The van der Waals surface area contributed by atoms with Gasteiger partial charge in [0.1, 0.15) is 0 Å². The molecule has 3 heterocycles. The van der Waals surface area contributed by atoms with Gasteiger partial charge in [0.05, 0.1) is 19.0 Å². The average Bonchev–Trinajstić information content (AvgIpc) is 3.34.